The van der Waals surface area contributed by atoms with Crippen LogP contribution in [0.1, 0.15) is 132 Å². The van der Waals surface area contributed by atoms with Crippen molar-refractivity contribution in [2.75, 3.05) is 6.61 Å². The van der Waals surface area contributed by atoms with Crippen LogP contribution in [0.25, 0.3) is 0 Å². The average Bonchev–Trinajstić information content (AvgIpc) is 3.08. The second-order valence-corrected chi connectivity index (χ2v) is 11.6. The maximum absolute atomic E-state index is 13.1. The Morgan fingerprint density at radius 2 is 0.938 bits per heavy atom. The van der Waals surface area contributed by atoms with Crippen molar-refractivity contribution in [1.82, 2.24) is 0 Å². The molecule has 2 rings (SSSR count). The maximum Gasteiger partial charge on any atom is 0.338 e. The van der Waals surface area contributed by atoms with Crippen LogP contribution in [0.15, 0.2) is 48.5 Å². The molecule has 2 aromatic rings. The van der Waals surface area contributed by atoms with Crippen LogP contribution >= 0.6 is 0 Å². The number of hydrogen-bond acceptors (Lipinski definition) is 10. The first-order chi connectivity index (χ1) is 23.0. The highest BCUT2D eigenvalue weighted by molar-refractivity contribution is 5.93. The van der Waals surface area contributed by atoms with Crippen molar-refractivity contribution >= 4 is 29.8 Å². The molecule has 48 heavy (non-hydrogen) atoms. The van der Waals surface area contributed by atoms with Gasteiger partial charge < -0.3 is 34.6 Å². The number of aliphatic hydroxyl groups excluding tert-OH is 2. The van der Waals surface area contributed by atoms with Crippen molar-refractivity contribution in [2.45, 2.75) is 115 Å². The van der Waals surface area contributed by atoms with Gasteiger partial charge in [-0.15, -0.1) is 0 Å². The summed E-state index contributed by atoms with van der Waals surface area (Å²) in [6.45, 7) is 4.11. The number of hydrogen-bond donors (Lipinski definition) is 4. The number of benzene rings is 2. The molecule has 12 heteroatoms. The zero-order valence-corrected chi connectivity index (χ0v) is 27.7. The molecule has 0 saturated carbocycles. The van der Waals surface area contributed by atoms with Crippen LogP contribution in [0, 0.1) is 0 Å². The van der Waals surface area contributed by atoms with E-state index in [4.69, 9.17) is 19.3 Å². The minimum absolute atomic E-state index is 0.0145. The van der Waals surface area contributed by atoms with E-state index < -0.39 is 48.3 Å². The SMILES string of the molecule is CCCCCCC(OC(=O)c1ccc(C(=O)O)cc1)C(O)C(O)C(CCCCCCCC(=O)OCC)OC(=O)c1ccc(C(=O)O)cc1. The van der Waals surface area contributed by atoms with Gasteiger partial charge in [-0.1, -0.05) is 45.4 Å². The Hall–Kier alpha value is -4.29. The number of carboxylic acids is 2. The number of carbonyl (C=O) groups is 5. The molecular weight excluding hydrogens is 624 g/mol. The van der Waals surface area contributed by atoms with E-state index in [2.05, 4.69) is 0 Å². The number of aliphatic hydroxyl groups is 2. The number of unbranched alkanes of at least 4 members (excludes halogenated alkanes) is 7. The molecule has 4 unspecified atom stereocenters. The molecule has 0 heterocycles. The van der Waals surface area contributed by atoms with Crippen LogP contribution in [-0.4, -0.2) is 81.3 Å². The Labute approximate surface area is 281 Å². The average molecular weight is 673 g/mol. The molecule has 264 valence electrons. The summed E-state index contributed by atoms with van der Waals surface area (Å²) in [5.41, 5.74) is 0.0835. The fourth-order valence-electron chi connectivity index (χ4n) is 5.10. The first kappa shape index (κ1) is 39.9. The highest BCUT2D eigenvalue weighted by Crippen LogP contribution is 2.23. The van der Waals surface area contributed by atoms with E-state index in [0.717, 1.165) is 32.1 Å². The van der Waals surface area contributed by atoms with Crippen LogP contribution in [0.2, 0.25) is 0 Å². The van der Waals surface area contributed by atoms with Gasteiger partial charge in [0.05, 0.1) is 28.9 Å². The molecule has 2 aromatic carbocycles. The molecule has 0 aliphatic carbocycles. The molecule has 0 radical (unpaired) electrons. The van der Waals surface area contributed by atoms with Crippen molar-refractivity contribution in [2.24, 2.45) is 0 Å². The Balaban J connectivity index is 2.19. The van der Waals surface area contributed by atoms with Gasteiger partial charge in [-0.2, -0.15) is 0 Å². The predicted octanol–water partition coefficient (Wildman–Crippen LogP) is 5.82. The van der Waals surface area contributed by atoms with Crippen molar-refractivity contribution in [3.63, 3.8) is 0 Å². The third kappa shape index (κ3) is 13.8. The Morgan fingerprint density at radius 3 is 1.33 bits per heavy atom. The van der Waals surface area contributed by atoms with Crippen molar-refractivity contribution in [3.05, 3.63) is 70.8 Å². The van der Waals surface area contributed by atoms with Gasteiger partial charge in [-0.3, -0.25) is 4.79 Å². The number of carboxylic acid groups (broad SMARTS) is 2. The molecule has 0 saturated heterocycles. The summed E-state index contributed by atoms with van der Waals surface area (Å²) in [5, 5.41) is 41.1. The van der Waals surface area contributed by atoms with Crippen LogP contribution in [-0.2, 0) is 19.0 Å². The predicted molar refractivity (Wildman–Crippen MR) is 175 cm³/mol. The van der Waals surface area contributed by atoms with Gasteiger partial charge in [0.1, 0.15) is 24.4 Å². The minimum Gasteiger partial charge on any atom is -0.478 e. The Bertz CT molecular complexity index is 1310. The lowest BCUT2D eigenvalue weighted by atomic mass is 9.95. The number of ether oxygens (including phenoxy) is 3. The topological polar surface area (TPSA) is 194 Å². The van der Waals surface area contributed by atoms with Gasteiger partial charge >= 0.3 is 29.8 Å². The van der Waals surface area contributed by atoms with Crippen molar-refractivity contribution in [3.8, 4) is 0 Å². The first-order valence-electron chi connectivity index (χ1n) is 16.6. The second kappa shape index (κ2) is 21.6. The molecule has 0 amide bonds. The van der Waals surface area contributed by atoms with Gasteiger partial charge in [0, 0.05) is 6.42 Å². The summed E-state index contributed by atoms with van der Waals surface area (Å²) in [5.74, 6) is -4.20. The number of esters is 3. The number of carbonyl (C=O) groups excluding carboxylic acids is 3. The van der Waals surface area contributed by atoms with Gasteiger partial charge in [0.25, 0.3) is 0 Å². The molecule has 0 bridgehead atoms. The third-order valence-corrected chi connectivity index (χ3v) is 7.88. The summed E-state index contributed by atoms with van der Waals surface area (Å²) in [4.78, 5) is 60.1. The lowest BCUT2D eigenvalue weighted by Crippen LogP contribution is -2.47. The van der Waals surface area contributed by atoms with Crippen LogP contribution in [0.5, 0.6) is 0 Å². The minimum atomic E-state index is -1.64. The van der Waals surface area contributed by atoms with E-state index in [0.29, 0.717) is 38.7 Å². The second-order valence-electron chi connectivity index (χ2n) is 11.6. The van der Waals surface area contributed by atoms with E-state index in [1.165, 1.54) is 48.5 Å². The first-order valence-corrected chi connectivity index (χ1v) is 16.6. The Kier molecular flexibility index (Phi) is 17.9. The van der Waals surface area contributed by atoms with E-state index in [1.807, 2.05) is 6.92 Å². The van der Waals surface area contributed by atoms with Crippen LogP contribution in [0.3, 0.4) is 0 Å². The smallest absolute Gasteiger partial charge is 0.338 e. The van der Waals surface area contributed by atoms with Gasteiger partial charge in [0.15, 0.2) is 0 Å². The monoisotopic (exact) mass is 672 g/mol. The molecule has 0 spiro atoms. The van der Waals surface area contributed by atoms with Gasteiger partial charge in [-0.25, -0.2) is 19.2 Å². The highest BCUT2D eigenvalue weighted by Gasteiger charge is 2.36. The quantitative estimate of drug-likeness (QED) is 0.0629. The number of rotatable bonds is 23. The third-order valence-electron chi connectivity index (χ3n) is 7.88. The summed E-state index contributed by atoms with van der Waals surface area (Å²) in [6.07, 6.45) is 1.71. The molecular formula is C36H48O12. The van der Waals surface area contributed by atoms with Crippen molar-refractivity contribution in [1.29, 1.82) is 0 Å². The van der Waals surface area contributed by atoms with Crippen LogP contribution in [0.4, 0.5) is 0 Å². The highest BCUT2D eigenvalue weighted by atomic mass is 16.6. The zero-order chi connectivity index (χ0) is 35.5. The Morgan fingerprint density at radius 1 is 0.562 bits per heavy atom. The maximum atomic E-state index is 13.1. The standard InChI is InChI=1S/C36H48O12/c1-3-5-6-10-13-28(47-35(44)26-20-16-24(17-21-26)33(40)41)31(38)32(39)29(14-11-8-7-9-12-15-30(37)46-4-2)48-36(45)27-22-18-25(19-23-27)34(42)43/h16-23,28-29,31-32,38-39H,3-15H2,1-2H3,(H,40,41)(H,42,43). The molecule has 4 atom stereocenters. The van der Waals surface area contributed by atoms with Gasteiger partial charge in [-0.05, 0) is 87.6 Å². The molecule has 0 aliphatic heterocycles. The fourth-order valence-corrected chi connectivity index (χ4v) is 5.10. The molecule has 0 fully saturated rings. The lowest BCUT2D eigenvalue weighted by molar-refractivity contribution is -0.143. The van der Waals surface area contributed by atoms with Crippen LogP contribution < -0.4 is 0 Å². The number of aromatic carboxylic acids is 2. The summed E-state index contributed by atoms with van der Waals surface area (Å²) in [7, 11) is 0. The summed E-state index contributed by atoms with van der Waals surface area (Å²) in [6, 6.07) is 10.2. The summed E-state index contributed by atoms with van der Waals surface area (Å²) >= 11 is 0. The van der Waals surface area contributed by atoms with E-state index in [-0.39, 0.29) is 41.1 Å². The molecule has 12 nitrogen and oxygen atoms in total. The largest absolute Gasteiger partial charge is 0.478 e. The van der Waals surface area contributed by atoms with Gasteiger partial charge in [0.2, 0.25) is 0 Å². The summed E-state index contributed by atoms with van der Waals surface area (Å²) < 4.78 is 16.3. The van der Waals surface area contributed by atoms with E-state index >= 15 is 0 Å². The molecule has 4 N–H and O–H groups in total. The zero-order valence-electron chi connectivity index (χ0n) is 27.7. The lowest BCUT2D eigenvalue weighted by Gasteiger charge is -2.31. The molecule has 0 aromatic heterocycles. The fraction of sp³-hybridized carbons (Fsp3) is 0.528. The van der Waals surface area contributed by atoms with Crippen molar-refractivity contribution < 1.29 is 58.6 Å². The van der Waals surface area contributed by atoms with E-state index in [1.54, 1.807) is 6.92 Å². The normalized spacial score (nSPS) is 13.5. The van der Waals surface area contributed by atoms with E-state index in [9.17, 15) is 39.3 Å². The molecule has 0 aliphatic rings.